The number of halogens is 1. The molecule has 0 amide bonds. The summed E-state index contributed by atoms with van der Waals surface area (Å²) in [6.45, 7) is 4.09. The number of pyridine rings is 2. The first-order valence-electron chi connectivity index (χ1n) is 12.7. The molecule has 0 bridgehead atoms. The average molecular weight is 628 g/mol. The quantitative estimate of drug-likeness (QED) is 0.282. The van der Waals surface area contributed by atoms with Gasteiger partial charge in [-0.25, -0.2) is 0 Å². The van der Waals surface area contributed by atoms with Gasteiger partial charge in [0.25, 0.3) is 6.47 Å². The van der Waals surface area contributed by atoms with Gasteiger partial charge in [-0.2, -0.15) is 0 Å². The molecule has 0 atom stereocenters. The molecular weight excluding hydrogens is 588 g/mol. The topological polar surface area (TPSA) is 171 Å². The molecule has 0 aromatic carbocycles. The van der Waals surface area contributed by atoms with E-state index >= 15 is 0 Å². The zero-order valence-electron chi connectivity index (χ0n) is 23.3. The van der Waals surface area contributed by atoms with Crippen molar-refractivity contribution in [3.05, 3.63) is 61.4 Å². The second-order valence-electron chi connectivity index (χ2n) is 9.46. The first kappa shape index (κ1) is 34.8. The number of carbonyl (C=O) groups is 1. The van der Waals surface area contributed by atoms with Crippen LogP contribution in [0.4, 0.5) is 17.3 Å². The van der Waals surface area contributed by atoms with Crippen LogP contribution in [0.2, 0.25) is 0 Å². The van der Waals surface area contributed by atoms with Gasteiger partial charge in [-0.1, -0.05) is 0 Å². The van der Waals surface area contributed by atoms with Gasteiger partial charge in [0.05, 0.1) is 10.2 Å². The highest BCUT2D eigenvalue weighted by Crippen LogP contribution is 2.22. The standard InChI is InChI=1S/C12H18N4O2.C7H16N2.C5H3BrN2O2.CH2O2/c1-14(2)10-5-7-15(8-6-10)11-3-4-12(13-9-11)16(17)18;1-9(2)7-3-5-8-6-4-7;6-4-1-2-5(7-3-4)8(9)10;2-1-3/h3-4,9-10H,5-8H2,1-2H3;7-8H,3-6H2,1-2H3;1-3H;1H,(H,2,3). The molecule has 2 aromatic rings. The lowest BCUT2D eigenvalue weighted by molar-refractivity contribution is -0.389. The second kappa shape index (κ2) is 18.9. The Labute approximate surface area is 242 Å². The first-order valence-corrected chi connectivity index (χ1v) is 13.5. The molecule has 0 unspecified atom stereocenters. The summed E-state index contributed by atoms with van der Waals surface area (Å²) in [6.07, 6.45) is 7.83. The maximum Gasteiger partial charge on any atom is 0.363 e. The normalized spacial score (nSPS) is 15.5. The largest absolute Gasteiger partial charge is 0.483 e. The molecule has 222 valence electrons. The minimum Gasteiger partial charge on any atom is -0.483 e. The third-order valence-corrected chi connectivity index (χ3v) is 6.89. The molecule has 4 rings (SSSR count). The number of rotatable bonds is 5. The minimum atomic E-state index is -0.535. The molecule has 0 aliphatic carbocycles. The number of nitro groups is 2. The zero-order chi connectivity index (χ0) is 30.1. The SMILES string of the molecule is CN(C)C1CCN(c2ccc([N+](=O)[O-])nc2)CC1.CN(C)C1CCNCC1.O=CO.O=[N+]([O-])c1ccc(Br)cn1. The van der Waals surface area contributed by atoms with E-state index < -0.39 is 9.85 Å². The van der Waals surface area contributed by atoms with Gasteiger partial charge in [-0.05, 0) is 115 Å². The smallest absolute Gasteiger partial charge is 0.363 e. The van der Waals surface area contributed by atoms with E-state index in [0.717, 1.165) is 42.1 Å². The van der Waals surface area contributed by atoms with Crippen LogP contribution in [0.3, 0.4) is 0 Å². The lowest BCUT2D eigenvalue weighted by atomic mass is 10.0. The second-order valence-corrected chi connectivity index (χ2v) is 10.4. The fraction of sp³-hybridized carbons (Fsp3) is 0.560. The van der Waals surface area contributed by atoms with E-state index in [-0.39, 0.29) is 18.1 Å². The van der Waals surface area contributed by atoms with E-state index in [9.17, 15) is 20.2 Å². The Morgan fingerprint density at radius 1 is 0.900 bits per heavy atom. The summed E-state index contributed by atoms with van der Waals surface area (Å²) in [7, 11) is 8.54. The molecule has 2 N–H and O–H groups in total. The van der Waals surface area contributed by atoms with E-state index in [2.05, 4.69) is 74.1 Å². The number of hydrogen-bond donors (Lipinski definition) is 2. The maximum atomic E-state index is 10.5. The molecule has 2 aromatic heterocycles. The van der Waals surface area contributed by atoms with Gasteiger partial charge in [0.15, 0.2) is 12.4 Å². The van der Waals surface area contributed by atoms with Crippen LogP contribution in [0.1, 0.15) is 25.7 Å². The summed E-state index contributed by atoms with van der Waals surface area (Å²) in [6, 6.07) is 7.61. The summed E-state index contributed by atoms with van der Waals surface area (Å²) in [5.74, 6) is -0.231. The van der Waals surface area contributed by atoms with Crippen LogP contribution in [0.25, 0.3) is 0 Å². The van der Waals surface area contributed by atoms with E-state index in [1.165, 1.54) is 44.3 Å². The van der Waals surface area contributed by atoms with Crippen LogP contribution in [-0.4, -0.2) is 108 Å². The Balaban J connectivity index is 0.000000308. The van der Waals surface area contributed by atoms with Crippen molar-refractivity contribution in [3.8, 4) is 0 Å². The fourth-order valence-electron chi connectivity index (χ4n) is 4.11. The predicted molar refractivity (Wildman–Crippen MR) is 157 cm³/mol. The average Bonchev–Trinajstić information content (AvgIpc) is 2.95. The van der Waals surface area contributed by atoms with Gasteiger partial charge in [0.2, 0.25) is 0 Å². The number of nitrogens with zero attached hydrogens (tertiary/aromatic N) is 7. The molecule has 0 spiro atoms. The lowest BCUT2D eigenvalue weighted by Gasteiger charge is -2.35. The fourth-order valence-corrected chi connectivity index (χ4v) is 4.35. The molecule has 2 aliphatic heterocycles. The lowest BCUT2D eigenvalue weighted by Crippen LogP contribution is -2.42. The Morgan fingerprint density at radius 2 is 1.35 bits per heavy atom. The van der Waals surface area contributed by atoms with Crippen LogP contribution >= 0.6 is 15.9 Å². The van der Waals surface area contributed by atoms with Crippen molar-refractivity contribution < 1.29 is 19.7 Å². The van der Waals surface area contributed by atoms with E-state index in [0.29, 0.717) is 6.04 Å². The number of nitrogens with one attached hydrogen (secondary N) is 1. The Bertz CT molecular complexity index is 1010. The highest BCUT2D eigenvalue weighted by atomic mass is 79.9. The molecular formula is C25H39BrN8O6. The maximum absolute atomic E-state index is 10.5. The minimum absolute atomic E-state index is 0.0954. The van der Waals surface area contributed by atoms with Gasteiger partial charge in [0, 0.05) is 37.3 Å². The van der Waals surface area contributed by atoms with Gasteiger partial charge >= 0.3 is 11.6 Å². The number of carboxylic acid groups (broad SMARTS) is 1. The third-order valence-electron chi connectivity index (χ3n) is 6.42. The summed E-state index contributed by atoms with van der Waals surface area (Å²) >= 11 is 3.11. The van der Waals surface area contributed by atoms with Crippen molar-refractivity contribution in [2.75, 3.05) is 59.3 Å². The van der Waals surface area contributed by atoms with Crippen LogP contribution < -0.4 is 10.2 Å². The molecule has 14 nitrogen and oxygen atoms in total. The van der Waals surface area contributed by atoms with Gasteiger partial charge < -0.3 is 45.4 Å². The van der Waals surface area contributed by atoms with Crippen LogP contribution in [0.15, 0.2) is 41.1 Å². The van der Waals surface area contributed by atoms with Crippen molar-refractivity contribution in [1.82, 2.24) is 25.1 Å². The van der Waals surface area contributed by atoms with Crippen molar-refractivity contribution in [1.29, 1.82) is 0 Å². The monoisotopic (exact) mass is 626 g/mol. The summed E-state index contributed by atoms with van der Waals surface area (Å²) in [4.78, 5) is 42.1. The molecule has 2 fully saturated rings. The van der Waals surface area contributed by atoms with Crippen molar-refractivity contribution in [2.24, 2.45) is 0 Å². The number of anilines is 1. The Morgan fingerprint density at radius 3 is 1.70 bits per heavy atom. The molecule has 0 radical (unpaired) electrons. The van der Waals surface area contributed by atoms with Crippen molar-refractivity contribution >= 4 is 39.7 Å². The van der Waals surface area contributed by atoms with Gasteiger partial charge in [-0.3, -0.25) is 4.79 Å². The summed E-state index contributed by atoms with van der Waals surface area (Å²) < 4.78 is 0.734. The molecule has 40 heavy (non-hydrogen) atoms. The van der Waals surface area contributed by atoms with E-state index in [1.807, 2.05) is 0 Å². The van der Waals surface area contributed by atoms with Crippen LogP contribution in [0.5, 0.6) is 0 Å². The van der Waals surface area contributed by atoms with E-state index in [4.69, 9.17) is 9.90 Å². The highest BCUT2D eigenvalue weighted by Gasteiger charge is 2.22. The first-order chi connectivity index (χ1) is 19.0. The Hall–Kier alpha value is -3.27. The summed E-state index contributed by atoms with van der Waals surface area (Å²) in [5.41, 5.74) is 0.970. The van der Waals surface area contributed by atoms with Gasteiger partial charge in [-0.15, -0.1) is 0 Å². The van der Waals surface area contributed by atoms with Crippen molar-refractivity contribution in [3.63, 3.8) is 0 Å². The third kappa shape index (κ3) is 13.2. The Kier molecular flexibility index (Phi) is 16.4. The van der Waals surface area contributed by atoms with Crippen LogP contribution in [0, 0.1) is 20.2 Å². The molecule has 2 aliphatic rings. The highest BCUT2D eigenvalue weighted by molar-refractivity contribution is 9.10. The summed E-state index contributed by atoms with van der Waals surface area (Å²) in [5, 5.41) is 30.8. The molecule has 15 heteroatoms. The molecule has 0 saturated carbocycles. The van der Waals surface area contributed by atoms with Gasteiger partial charge in [0.1, 0.15) is 0 Å². The predicted octanol–water partition coefficient (Wildman–Crippen LogP) is 3.27. The molecule has 2 saturated heterocycles. The molecule has 4 heterocycles. The number of hydrogen-bond acceptors (Lipinski definition) is 11. The van der Waals surface area contributed by atoms with Crippen LogP contribution in [-0.2, 0) is 4.79 Å². The number of aromatic nitrogens is 2. The number of piperidine rings is 2. The van der Waals surface area contributed by atoms with Crippen molar-refractivity contribution in [2.45, 2.75) is 37.8 Å². The zero-order valence-corrected chi connectivity index (χ0v) is 24.9. The van der Waals surface area contributed by atoms with E-state index in [1.54, 1.807) is 18.3 Å².